The summed E-state index contributed by atoms with van der Waals surface area (Å²) in [5, 5.41) is 0.190. The van der Waals surface area contributed by atoms with Crippen LogP contribution in [-0.4, -0.2) is 28.6 Å². The van der Waals surface area contributed by atoms with E-state index in [4.69, 9.17) is 16.3 Å². The minimum absolute atomic E-state index is 0.000833. The van der Waals surface area contributed by atoms with Gasteiger partial charge in [0.25, 0.3) is 10.0 Å². The van der Waals surface area contributed by atoms with Gasteiger partial charge in [0, 0.05) is 18.1 Å². The minimum atomic E-state index is -3.93. The molecular formula is C15H14ClFN2O3S. The van der Waals surface area contributed by atoms with Gasteiger partial charge in [-0.15, -0.1) is 0 Å². The van der Waals surface area contributed by atoms with E-state index in [2.05, 4.69) is 4.72 Å². The number of fused-ring (bicyclic) bond motifs is 1. The molecule has 23 heavy (non-hydrogen) atoms. The number of rotatable bonds is 3. The molecule has 1 heterocycles. The van der Waals surface area contributed by atoms with Crippen LogP contribution in [0.3, 0.4) is 0 Å². The molecule has 0 bridgehead atoms. The van der Waals surface area contributed by atoms with Crippen molar-refractivity contribution < 1.29 is 17.5 Å². The van der Waals surface area contributed by atoms with Crippen LogP contribution in [0.15, 0.2) is 41.3 Å². The number of nitrogens with zero attached hydrogens (tertiary/aromatic N) is 1. The molecule has 0 unspecified atom stereocenters. The Labute approximate surface area is 138 Å². The molecule has 1 N–H and O–H groups in total. The summed E-state index contributed by atoms with van der Waals surface area (Å²) in [5.41, 5.74) is 0.651. The molecule has 0 radical (unpaired) electrons. The highest BCUT2D eigenvalue weighted by atomic mass is 35.5. The van der Waals surface area contributed by atoms with E-state index in [1.807, 2.05) is 11.9 Å². The predicted molar refractivity (Wildman–Crippen MR) is 87.4 cm³/mol. The molecule has 0 amide bonds. The Morgan fingerprint density at radius 2 is 2.04 bits per heavy atom. The summed E-state index contributed by atoms with van der Waals surface area (Å²) in [6.07, 6.45) is 0. The maximum Gasteiger partial charge on any atom is 0.262 e. The summed E-state index contributed by atoms with van der Waals surface area (Å²) in [6, 6.07) is 8.29. The van der Waals surface area contributed by atoms with Crippen molar-refractivity contribution in [2.75, 3.05) is 29.8 Å². The van der Waals surface area contributed by atoms with Gasteiger partial charge in [-0.3, -0.25) is 4.72 Å². The Bertz CT molecular complexity index is 858. The molecule has 0 saturated heterocycles. The van der Waals surface area contributed by atoms with Crippen molar-refractivity contribution in [3.05, 3.63) is 47.2 Å². The summed E-state index contributed by atoms with van der Waals surface area (Å²) >= 11 is 5.66. The average Bonchev–Trinajstić information content (AvgIpc) is 2.50. The van der Waals surface area contributed by atoms with E-state index in [1.54, 1.807) is 6.07 Å². The standard InChI is InChI=1S/C15H14ClFN2O3S/c1-19-6-7-22-15-9-11(3-5-14(15)19)23(20,21)18-13-4-2-10(16)8-12(13)17/h2-5,8-9,18H,6-7H2,1H3. The quantitative estimate of drug-likeness (QED) is 0.918. The predicted octanol–water partition coefficient (Wildman–Crippen LogP) is 3.11. The highest BCUT2D eigenvalue weighted by Gasteiger charge is 2.21. The van der Waals surface area contributed by atoms with Crippen LogP contribution in [0.1, 0.15) is 0 Å². The molecule has 122 valence electrons. The first-order chi connectivity index (χ1) is 10.9. The van der Waals surface area contributed by atoms with Gasteiger partial charge in [0.2, 0.25) is 0 Å². The third kappa shape index (κ3) is 3.20. The van der Waals surface area contributed by atoms with Crippen LogP contribution in [0.25, 0.3) is 0 Å². The van der Waals surface area contributed by atoms with E-state index in [9.17, 15) is 12.8 Å². The summed E-state index contributed by atoms with van der Waals surface area (Å²) in [5.74, 6) is -0.256. The fraction of sp³-hybridized carbons (Fsp3) is 0.200. The number of anilines is 2. The lowest BCUT2D eigenvalue weighted by atomic mass is 10.2. The zero-order valence-corrected chi connectivity index (χ0v) is 13.8. The van der Waals surface area contributed by atoms with Gasteiger partial charge in [-0.1, -0.05) is 11.6 Å². The molecule has 8 heteroatoms. The van der Waals surface area contributed by atoms with Crippen LogP contribution in [0.5, 0.6) is 5.75 Å². The smallest absolute Gasteiger partial charge is 0.262 e. The minimum Gasteiger partial charge on any atom is -0.490 e. The number of halogens is 2. The molecule has 0 atom stereocenters. The molecular weight excluding hydrogens is 343 g/mol. The van der Waals surface area contributed by atoms with E-state index >= 15 is 0 Å². The molecule has 0 saturated carbocycles. The number of likely N-dealkylation sites (N-methyl/N-ethyl adjacent to an activating group) is 1. The topological polar surface area (TPSA) is 58.6 Å². The van der Waals surface area contributed by atoms with Gasteiger partial charge < -0.3 is 9.64 Å². The zero-order valence-electron chi connectivity index (χ0n) is 12.2. The van der Waals surface area contributed by atoms with E-state index in [0.717, 1.165) is 18.3 Å². The number of hydrogen-bond donors (Lipinski definition) is 1. The third-order valence-electron chi connectivity index (χ3n) is 3.51. The molecule has 0 spiro atoms. The average molecular weight is 357 g/mol. The summed E-state index contributed by atoms with van der Waals surface area (Å²) < 4.78 is 46.3. The Kier molecular flexibility index (Phi) is 4.08. The van der Waals surface area contributed by atoms with Crippen molar-refractivity contribution in [1.82, 2.24) is 0 Å². The molecule has 0 fully saturated rings. The lowest BCUT2D eigenvalue weighted by Gasteiger charge is -2.27. The van der Waals surface area contributed by atoms with Crippen molar-refractivity contribution in [3.63, 3.8) is 0 Å². The summed E-state index contributed by atoms with van der Waals surface area (Å²) in [4.78, 5) is 1.97. The van der Waals surface area contributed by atoms with Gasteiger partial charge in [0.15, 0.2) is 0 Å². The molecule has 1 aliphatic rings. The van der Waals surface area contributed by atoms with Crippen LogP contribution in [0, 0.1) is 5.82 Å². The molecule has 2 aromatic rings. The van der Waals surface area contributed by atoms with E-state index in [0.29, 0.717) is 12.4 Å². The maximum absolute atomic E-state index is 13.8. The van der Waals surface area contributed by atoms with Crippen molar-refractivity contribution in [1.29, 1.82) is 0 Å². The zero-order chi connectivity index (χ0) is 16.6. The number of nitrogens with one attached hydrogen (secondary N) is 1. The first-order valence-electron chi connectivity index (χ1n) is 6.83. The lowest BCUT2D eigenvalue weighted by molar-refractivity contribution is 0.310. The van der Waals surface area contributed by atoms with Crippen LogP contribution in [0.4, 0.5) is 15.8 Å². The molecule has 1 aliphatic heterocycles. The fourth-order valence-corrected chi connectivity index (χ4v) is 3.52. The van der Waals surface area contributed by atoms with Crippen molar-refractivity contribution in [2.45, 2.75) is 4.90 Å². The molecule has 5 nitrogen and oxygen atoms in total. The van der Waals surface area contributed by atoms with E-state index < -0.39 is 15.8 Å². The number of hydrogen-bond acceptors (Lipinski definition) is 4. The van der Waals surface area contributed by atoms with Crippen molar-refractivity contribution in [2.24, 2.45) is 0 Å². The Hall–Kier alpha value is -1.99. The van der Waals surface area contributed by atoms with Crippen molar-refractivity contribution >= 4 is 33.0 Å². The largest absolute Gasteiger partial charge is 0.490 e. The molecule has 0 aliphatic carbocycles. The molecule has 2 aromatic carbocycles. The highest BCUT2D eigenvalue weighted by Crippen LogP contribution is 2.33. The number of sulfonamides is 1. The second-order valence-corrected chi connectivity index (χ2v) is 7.25. The van der Waals surface area contributed by atoms with Crippen LogP contribution in [0.2, 0.25) is 5.02 Å². The summed E-state index contributed by atoms with van der Waals surface area (Å²) in [7, 11) is -2.03. The monoisotopic (exact) mass is 356 g/mol. The lowest BCUT2D eigenvalue weighted by Crippen LogP contribution is -2.29. The van der Waals surface area contributed by atoms with Gasteiger partial charge in [0.1, 0.15) is 18.2 Å². The summed E-state index contributed by atoms with van der Waals surface area (Å²) in [6.45, 7) is 1.21. The van der Waals surface area contributed by atoms with Gasteiger partial charge >= 0.3 is 0 Å². The number of benzene rings is 2. The molecule has 3 rings (SSSR count). The fourth-order valence-electron chi connectivity index (χ4n) is 2.28. The first kappa shape index (κ1) is 15.9. The number of ether oxygens (including phenoxy) is 1. The van der Waals surface area contributed by atoms with Gasteiger partial charge in [-0.05, 0) is 30.3 Å². The van der Waals surface area contributed by atoms with E-state index in [-0.39, 0.29) is 15.6 Å². The molecule has 0 aromatic heterocycles. The van der Waals surface area contributed by atoms with Crippen LogP contribution >= 0.6 is 11.6 Å². The first-order valence-corrected chi connectivity index (χ1v) is 8.69. The SMILES string of the molecule is CN1CCOc2cc(S(=O)(=O)Nc3ccc(Cl)cc3F)ccc21. The van der Waals surface area contributed by atoms with Crippen LogP contribution < -0.4 is 14.4 Å². The van der Waals surface area contributed by atoms with Crippen molar-refractivity contribution in [3.8, 4) is 5.75 Å². The van der Waals surface area contributed by atoms with Crippen LogP contribution in [-0.2, 0) is 10.0 Å². The second kappa shape index (κ2) is 5.90. The Morgan fingerprint density at radius 1 is 1.26 bits per heavy atom. The Balaban J connectivity index is 1.93. The Morgan fingerprint density at radius 3 is 2.78 bits per heavy atom. The third-order valence-corrected chi connectivity index (χ3v) is 5.11. The van der Waals surface area contributed by atoms with E-state index in [1.165, 1.54) is 24.3 Å². The maximum atomic E-state index is 13.8. The van der Waals surface area contributed by atoms with Gasteiger partial charge in [-0.2, -0.15) is 0 Å². The van der Waals surface area contributed by atoms with Gasteiger partial charge in [-0.25, -0.2) is 12.8 Å². The highest BCUT2D eigenvalue weighted by molar-refractivity contribution is 7.92. The van der Waals surface area contributed by atoms with Gasteiger partial charge in [0.05, 0.1) is 22.8 Å². The second-order valence-electron chi connectivity index (χ2n) is 5.13. The normalized spacial score (nSPS) is 14.1.